The van der Waals surface area contributed by atoms with Gasteiger partial charge in [-0.15, -0.1) is 5.10 Å². The largest absolute Gasteiger partial charge is 0.493 e. The molecule has 2 heterocycles. The molecule has 0 saturated carbocycles. The first kappa shape index (κ1) is 21.5. The topological polar surface area (TPSA) is 132 Å². The molecule has 0 radical (unpaired) electrons. The van der Waals surface area contributed by atoms with Gasteiger partial charge in [0, 0.05) is 17.3 Å². The van der Waals surface area contributed by atoms with Gasteiger partial charge in [-0.1, -0.05) is 18.2 Å². The monoisotopic (exact) mass is 447 g/mol. The highest BCUT2D eigenvalue weighted by atomic mass is 19.1. The van der Waals surface area contributed by atoms with Gasteiger partial charge in [0.2, 0.25) is 5.55 Å². The van der Waals surface area contributed by atoms with E-state index in [4.69, 9.17) is 14.9 Å². The van der Waals surface area contributed by atoms with Crippen LogP contribution in [-0.2, 0) is 0 Å². The molecule has 0 aliphatic heterocycles. The highest BCUT2D eigenvalue weighted by molar-refractivity contribution is 6.04. The fraction of sp³-hybridized carbons (Fsp3) is 0.0435. The lowest BCUT2D eigenvalue weighted by atomic mass is 10.1. The van der Waals surface area contributed by atoms with Crippen molar-refractivity contribution in [3.63, 3.8) is 0 Å². The van der Waals surface area contributed by atoms with Gasteiger partial charge in [-0.3, -0.25) is 15.0 Å². The molecule has 9 nitrogen and oxygen atoms in total. The molecule has 0 aliphatic rings. The van der Waals surface area contributed by atoms with Crippen molar-refractivity contribution in [3.8, 4) is 5.75 Å². The van der Waals surface area contributed by atoms with Crippen LogP contribution in [0.1, 0.15) is 20.7 Å². The number of nitrogens with two attached hydrogens (primary N) is 1. The minimum absolute atomic E-state index is 0.0609. The number of nitrogens with zero attached hydrogens (tertiary/aromatic N) is 2. The number of hydrogen-bond acceptors (Lipinski definition) is 7. The maximum atomic E-state index is 13.3. The molecule has 2 aromatic carbocycles. The third-order valence-electron chi connectivity index (χ3n) is 4.60. The Morgan fingerprint density at radius 3 is 2.64 bits per heavy atom. The Balaban J connectivity index is 1.58. The fourth-order valence-electron chi connectivity index (χ4n) is 3.02. The first-order chi connectivity index (χ1) is 15.9. The van der Waals surface area contributed by atoms with Gasteiger partial charge in [-0.25, -0.2) is 9.37 Å². The number of rotatable bonds is 6. The molecule has 10 heteroatoms. The smallest absolute Gasteiger partial charge is 0.257 e. The molecule has 2 aromatic heterocycles. The number of primary amides is 1. The molecule has 0 atom stereocenters. The van der Waals surface area contributed by atoms with E-state index < -0.39 is 17.6 Å². The summed E-state index contributed by atoms with van der Waals surface area (Å²) in [5.74, 6) is -0.889. The summed E-state index contributed by atoms with van der Waals surface area (Å²) in [6.45, 7) is 0. The Bertz CT molecular complexity index is 1420. The molecule has 0 aliphatic carbocycles. The van der Waals surface area contributed by atoms with Crippen molar-refractivity contribution in [1.82, 2.24) is 4.98 Å². The lowest BCUT2D eigenvalue weighted by molar-refractivity contribution is 0.0994. The van der Waals surface area contributed by atoms with Crippen LogP contribution in [0.25, 0.3) is 11.0 Å². The zero-order valence-electron chi connectivity index (χ0n) is 17.3. The number of anilines is 2. The van der Waals surface area contributed by atoms with Gasteiger partial charge in [0.05, 0.1) is 12.7 Å². The maximum Gasteiger partial charge on any atom is 0.257 e. The van der Waals surface area contributed by atoms with Crippen molar-refractivity contribution < 1.29 is 23.1 Å². The number of ether oxygens (including phenoxy) is 1. The maximum absolute atomic E-state index is 13.3. The number of nitrogens with one attached hydrogen (secondary N) is 2. The SMILES string of the molecule is COc1cccc2cc(C(N)=O)/c(=N\Nc3ccc(C(=O)Nc4cccc(F)c4)cn3)oc12. The first-order valence-electron chi connectivity index (χ1n) is 9.68. The van der Waals surface area contributed by atoms with Crippen LogP contribution >= 0.6 is 0 Å². The highest BCUT2D eigenvalue weighted by Crippen LogP contribution is 2.24. The molecule has 166 valence electrons. The van der Waals surface area contributed by atoms with Crippen molar-refractivity contribution >= 4 is 34.3 Å². The Morgan fingerprint density at radius 2 is 1.94 bits per heavy atom. The summed E-state index contributed by atoms with van der Waals surface area (Å²) in [4.78, 5) is 28.3. The van der Waals surface area contributed by atoms with Crippen molar-refractivity contribution in [2.24, 2.45) is 10.8 Å². The first-order valence-corrected chi connectivity index (χ1v) is 9.68. The zero-order chi connectivity index (χ0) is 23.4. The molecule has 4 aromatic rings. The number of benzene rings is 2. The van der Waals surface area contributed by atoms with Crippen molar-refractivity contribution in [3.05, 3.63) is 89.4 Å². The fourth-order valence-corrected chi connectivity index (χ4v) is 3.02. The van der Waals surface area contributed by atoms with E-state index in [1.807, 2.05) is 0 Å². The quantitative estimate of drug-likeness (QED) is 0.389. The molecule has 4 rings (SSSR count). The predicted molar refractivity (Wildman–Crippen MR) is 119 cm³/mol. The Hall–Kier alpha value is -4.73. The normalized spacial score (nSPS) is 11.3. The van der Waals surface area contributed by atoms with Crippen molar-refractivity contribution in [2.45, 2.75) is 0 Å². The van der Waals surface area contributed by atoms with E-state index in [2.05, 4.69) is 20.8 Å². The molecule has 0 saturated heterocycles. The van der Waals surface area contributed by atoms with E-state index in [0.717, 1.165) is 0 Å². The lowest BCUT2D eigenvalue weighted by Crippen LogP contribution is -2.23. The van der Waals surface area contributed by atoms with E-state index in [1.54, 1.807) is 30.3 Å². The molecule has 4 N–H and O–H groups in total. The molecule has 2 amide bonds. The number of carbonyl (C=O) groups excluding carboxylic acids is 2. The van der Waals surface area contributed by atoms with Crippen LogP contribution in [0.5, 0.6) is 5.75 Å². The number of amides is 2. The van der Waals surface area contributed by atoms with Crippen LogP contribution in [0.15, 0.2) is 76.4 Å². The summed E-state index contributed by atoms with van der Waals surface area (Å²) in [5, 5.41) is 7.30. The molecule has 0 spiro atoms. The molecule has 33 heavy (non-hydrogen) atoms. The van der Waals surface area contributed by atoms with Gasteiger partial charge in [0.25, 0.3) is 11.8 Å². The van der Waals surface area contributed by atoms with Gasteiger partial charge in [0.15, 0.2) is 11.3 Å². The van der Waals surface area contributed by atoms with Crippen LogP contribution in [0.3, 0.4) is 0 Å². The zero-order valence-corrected chi connectivity index (χ0v) is 17.3. The number of hydrogen-bond donors (Lipinski definition) is 3. The van der Waals surface area contributed by atoms with Crippen LogP contribution in [0.2, 0.25) is 0 Å². The van der Waals surface area contributed by atoms with Gasteiger partial charge in [-0.05, 0) is 42.5 Å². The summed E-state index contributed by atoms with van der Waals surface area (Å²) < 4.78 is 24.3. The summed E-state index contributed by atoms with van der Waals surface area (Å²) in [6.07, 6.45) is 1.32. The average molecular weight is 447 g/mol. The van der Waals surface area contributed by atoms with E-state index in [-0.39, 0.29) is 22.5 Å². The highest BCUT2D eigenvalue weighted by Gasteiger charge is 2.12. The van der Waals surface area contributed by atoms with Crippen molar-refractivity contribution in [2.75, 3.05) is 17.9 Å². The Labute approximate surface area is 186 Å². The number of carbonyl (C=O) groups is 2. The molecule has 0 bridgehead atoms. The van der Waals surface area contributed by atoms with Gasteiger partial charge >= 0.3 is 0 Å². The average Bonchev–Trinajstić information content (AvgIpc) is 2.82. The Morgan fingerprint density at radius 1 is 1.12 bits per heavy atom. The summed E-state index contributed by atoms with van der Waals surface area (Å²) in [6, 6.07) is 15.3. The number of halogens is 1. The second kappa shape index (κ2) is 9.18. The Kier molecular flexibility index (Phi) is 5.98. The molecule has 0 unspecified atom stereocenters. The number of para-hydroxylation sites is 1. The van der Waals surface area contributed by atoms with E-state index in [0.29, 0.717) is 22.4 Å². The van der Waals surface area contributed by atoms with Crippen molar-refractivity contribution in [1.29, 1.82) is 0 Å². The minimum Gasteiger partial charge on any atom is -0.493 e. The third-order valence-corrected chi connectivity index (χ3v) is 4.60. The van der Waals surface area contributed by atoms with Crippen LogP contribution < -0.4 is 26.8 Å². The summed E-state index contributed by atoms with van der Waals surface area (Å²) in [5.41, 5.74) is 9.11. The van der Waals surface area contributed by atoms with Gasteiger partial charge < -0.3 is 20.2 Å². The lowest BCUT2D eigenvalue weighted by Gasteiger charge is -2.07. The van der Waals surface area contributed by atoms with Crippen LogP contribution in [-0.4, -0.2) is 23.9 Å². The molecular formula is C23H18FN5O4. The van der Waals surface area contributed by atoms with Gasteiger partial charge in [0.1, 0.15) is 17.2 Å². The van der Waals surface area contributed by atoms with E-state index >= 15 is 0 Å². The van der Waals surface area contributed by atoms with Crippen LogP contribution in [0, 0.1) is 5.82 Å². The summed E-state index contributed by atoms with van der Waals surface area (Å²) in [7, 11) is 1.50. The number of aromatic nitrogens is 1. The third kappa shape index (κ3) is 4.79. The van der Waals surface area contributed by atoms with Crippen LogP contribution in [0.4, 0.5) is 15.9 Å². The second-order valence-electron chi connectivity index (χ2n) is 6.83. The number of methoxy groups -OCH3 is 1. The summed E-state index contributed by atoms with van der Waals surface area (Å²) >= 11 is 0. The minimum atomic E-state index is -0.721. The van der Waals surface area contributed by atoms with Gasteiger partial charge in [-0.2, -0.15) is 0 Å². The molecular weight excluding hydrogens is 429 g/mol. The second-order valence-corrected chi connectivity index (χ2v) is 6.83. The predicted octanol–water partition coefficient (Wildman–Crippen LogP) is 3.25. The standard InChI is InChI=1S/C23H18FN5O4/c1-32-18-7-2-4-13-10-17(21(25)30)23(33-20(13)18)29-28-19-9-8-14(12-26-19)22(31)27-16-6-3-5-15(24)11-16/h2-12H,1H3,(H2,25,30)(H,26,28)(H,27,31)/b29-23+. The number of fused-ring (bicyclic) bond motifs is 1. The van der Waals surface area contributed by atoms with E-state index in [1.165, 1.54) is 43.6 Å². The molecule has 0 fully saturated rings. The van der Waals surface area contributed by atoms with E-state index in [9.17, 15) is 14.0 Å². The number of pyridine rings is 1.